The second-order valence-electron chi connectivity index (χ2n) is 5.84. The number of hydrogen-bond donors (Lipinski definition) is 1. The molecule has 2 fully saturated rings. The summed E-state index contributed by atoms with van der Waals surface area (Å²) in [7, 11) is 0. The first-order valence-corrected chi connectivity index (χ1v) is 7.64. The summed E-state index contributed by atoms with van der Waals surface area (Å²) in [6, 6.07) is 6.28. The Labute approximate surface area is 116 Å². The van der Waals surface area contributed by atoms with Crippen molar-refractivity contribution in [1.29, 1.82) is 0 Å². The van der Waals surface area contributed by atoms with Gasteiger partial charge in [0.2, 0.25) is 0 Å². The van der Waals surface area contributed by atoms with Crippen LogP contribution in [-0.4, -0.2) is 6.04 Å². The molecule has 2 saturated carbocycles. The largest absolute Gasteiger partial charge is 0.307 e. The minimum Gasteiger partial charge on any atom is -0.307 e. The van der Waals surface area contributed by atoms with Gasteiger partial charge in [-0.15, -0.1) is 0 Å². The van der Waals surface area contributed by atoms with Gasteiger partial charge >= 0.3 is 0 Å². The summed E-state index contributed by atoms with van der Waals surface area (Å²) in [5.41, 5.74) is 1.16. The van der Waals surface area contributed by atoms with Crippen LogP contribution in [0.2, 0.25) is 0 Å². The molecule has 2 aliphatic carbocycles. The number of benzene rings is 1. The fourth-order valence-electron chi connectivity index (χ4n) is 3.65. The zero-order valence-corrected chi connectivity index (χ0v) is 12.2. The molecule has 0 amide bonds. The Hall–Kier alpha value is -0.410. The molecule has 0 spiro atoms. The van der Waals surface area contributed by atoms with Gasteiger partial charge in [0.05, 0.1) is 4.47 Å². The molecular formula is C15H19BrFN. The molecule has 0 radical (unpaired) electrons. The predicted octanol–water partition coefficient (Wildman–Crippen LogP) is 4.43. The van der Waals surface area contributed by atoms with E-state index >= 15 is 0 Å². The highest BCUT2D eigenvalue weighted by molar-refractivity contribution is 9.10. The second kappa shape index (κ2) is 4.93. The van der Waals surface area contributed by atoms with Gasteiger partial charge in [0, 0.05) is 12.1 Å². The van der Waals surface area contributed by atoms with Crippen molar-refractivity contribution in [3.05, 3.63) is 34.1 Å². The molecule has 1 aromatic rings. The molecule has 4 unspecified atom stereocenters. The standard InChI is InChI=1S/C15H19BrFN/c1-9(11-4-5-14(17)13(16)8-11)18-15-7-10-2-3-12(15)6-10/h4-5,8-10,12,15,18H,2-3,6-7H2,1H3. The quantitative estimate of drug-likeness (QED) is 0.871. The third-order valence-electron chi connectivity index (χ3n) is 4.65. The summed E-state index contributed by atoms with van der Waals surface area (Å²) in [6.45, 7) is 2.17. The minimum absolute atomic E-state index is 0.189. The van der Waals surface area contributed by atoms with E-state index in [0.29, 0.717) is 16.6 Å². The Bertz CT molecular complexity index is 448. The molecule has 0 aromatic heterocycles. The predicted molar refractivity (Wildman–Crippen MR) is 74.9 cm³/mol. The van der Waals surface area contributed by atoms with Gasteiger partial charge in [-0.1, -0.05) is 12.5 Å². The molecule has 3 rings (SSSR count). The highest BCUT2D eigenvalue weighted by atomic mass is 79.9. The van der Waals surface area contributed by atoms with Crippen LogP contribution in [0.25, 0.3) is 0 Å². The molecule has 18 heavy (non-hydrogen) atoms. The Morgan fingerprint density at radius 2 is 2.17 bits per heavy atom. The van der Waals surface area contributed by atoms with Gasteiger partial charge in [0.15, 0.2) is 0 Å². The fourth-order valence-corrected chi connectivity index (χ4v) is 4.04. The first-order chi connectivity index (χ1) is 8.63. The average molecular weight is 312 g/mol. The number of halogens is 2. The third kappa shape index (κ3) is 2.35. The molecular weight excluding hydrogens is 293 g/mol. The lowest BCUT2D eigenvalue weighted by atomic mass is 9.94. The molecule has 0 aliphatic heterocycles. The maximum absolute atomic E-state index is 13.2. The van der Waals surface area contributed by atoms with Crippen LogP contribution in [0.15, 0.2) is 22.7 Å². The summed E-state index contributed by atoms with van der Waals surface area (Å²) >= 11 is 3.26. The van der Waals surface area contributed by atoms with E-state index in [0.717, 1.165) is 17.4 Å². The van der Waals surface area contributed by atoms with Gasteiger partial charge < -0.3 is 5.32 Å². The van der Waals surface area contributed by atoms with Crippen molar-refractivity contribution in [2.45, 2.75) is 44.7 Å². The van der Waals surface area contributed by atoms with E-state index in [-0.39, 0.29) is 5.82 Å². The van der Waals surface area contributed by atoms with Crippen molar-refractivity contribution >= 4 is 15.9 Å². The Balaban J connectivity index is 1.67. The van der Waals surface area contributed by atoms with E-state index in [1.54, 1.807) is 6.07 Å². The maximum Gasteiger partial charge on any atom is 0.137 e. The highest BCUT2D eigenvalue weighted by Gasteiger charge is 2.39. The summed E-state index contributed by atoms with van der Waals surface area (Å²) < 4.78 is 13.8. The Kier molecular flexibility index (Phi) is 3.46. The number of rotatable bonds is 3. The van der Waals surface area contributed by atoms with Crippen LogP contribution in [0.3, 0.4) is 0 Å². The zero-order chi connectivity index (χ0) is 12.7. The lowest BCUT2D eigenvalue weighted by Gasteiger charge is -2.27. The van der Waals surface area contributed by atoms with E-state index in [9.17, 15) is 4.39 Å². The molecule has 4 atom stereocenters. The lowest BCUT2D eigenvalue weighted by molar-refractivity contribution is 0.327. The van der Waals surface area contributed by atoms with Crippen LogP contribution < -0.4 is 5.32 Å². The van der Waals surface area contributed by atoms with E-state index in [2.05, 4.69) is 28.2 Å². The van der Waals surface area contributed by atoms with Gasteiger partial charge in [-0.3, -0.25) is 0 Å². The van der Waals surface area contributed by atoms with E-state index in [4.69, 9.17) is 0 Å². The van der Waals surface area contributed by atoms with Crippen molar-refractivity contribution in [2.75, 3.05) is 0 Å². The van der Waals surface area contributed by atoms with Gasteiger partial charge in [0.1, 0.15) is 5.82 Å². The Morgan fingerprint density at radius 3 is 2.78 bits per heavy atom. The van der Waals surface area contributed by atoms with E-state index in [1.165, 1.54) is 25.7 Å². The molecule has 0 saturated heterocycles. The number of hydrogen-bond acceptors (Lipinski definition) is 1. The molecule has 3 heteroatoms. The summed E-state index contributed by atoms with van der Waals surface area (Å²) in [5, 5.41) is 3.73. The van der Waals surface area contributed by atoms with Crippen LogP contribution in [-0.2, 0) is 0 Å². The lowest BCUT2D eigenvalue weighted by Crippen LogP contribution is -2.35. The summed E-state index contributed by atoms with van der Waals surface area (Å²) in [6.07, 6.45) is 5.57. The molecule has 0 heterocycles. The maximum atomic E-state index is 13.2. The smallest absolute Gasteiger partial charge is 0.137 e. The van der Waals surface area contributed by atoms with Crippen molar-refractivity contribution in [3.63, 3.8) is 0 Å². The van der Waals surface area contributed by atoms with Crippen molar-refractivity contribution in [1.82, 2.24) is 5.32 Å². The summed E-state index contributed by atoms with van der Waals surface area (Å²) in [5.74, 6) is 1.65. The molecule has 1 N–H and O–H groups in total. The average Bonchev–Trinajstić information content (AvgIpc) is 2.94. The van der Waals surface area contributed by atoms with Crippen LogP contribution in [0.4, 0.5) is 4.39 Å². The van der Waals surface area contributed by atoms with Crippen molar-refractivity contribution < 1.29 is 4.39 Å². The van der Waals surface area contributed by atoms with Crippen molar-refractivity contribution in [2.24, 2.45) is 11.8 Å². The number of fused-ring (bicyclic) bond motifs is 2. The monoisotopic (exact) mass is 311 g/mol. The van der Waals surface area contributed by atoms with Crippen LogP contribution >= 0.6 is 15.9 Å². The normalized spacial score (nSPS) is 31.8. The van der Waals surface area contributed by atoms with Crippen LogP contribution in [0, 0.1) is 17.7 Å². The van der Waals surface area contributed by atoms with Crippen LogP contribution in [0.1, 0.15) is 44.2 Å². The fraction of sp³-hybridized carbons (Fsp3) is 0.600. The van der Waals surface area contributed by atoms with Crippen molar-refractivity contribution in [3.8, 4) is 0 Å². The minimum atomic E-state index is -0.189. The third-order valence-corrected chi connectivity index (χ3v) is 5.25. The Morgan fingerprint density at radius 1 is 1.33 bits per heavy atom. The van der Waals surface area contributed by atoms with Gasteiger partial charge in [0.25, 0.3) is 0 Å². The zero-order valence-electron chi connectivity index (χ0n) is 10.6. The molecule has 98 valence electrons. The SMILES string of the molecule is CC(NC1CC2CCC1C2)c1ccc(F)c(Br)c1. The molecule has 2 aliphatic rings. The second-order valence-corrected chi connectivity index (χ2v) is 6.70. The number of nitrogens with one attached hydrogen (secondary N) is 1. The van der Waals surface area contributed by atoms with Gasteiger partial charge in [-0.25, -0.2) is 4.39 Å². The van der Waals surface area contributed by atoms with Crippen LogP contribution in [0.5, 0.6) is 0 Å². The van der Waals surface area contributed by atoms with Gasteiger partial charge in [-0.2, -0.15) is 0 Å². The molecule has 2 bridgehead atoms. The molecule has 1 aromatic carbocycles. The first-order valence-electron chi connectivity index (χ1n) is 6.84. The summed E-state index contributed by atoms with van der Waals surface area (Å²) in [4.78, 5) is 0. The first kappa shape index (κ1) is 12.6. The molecule has 1 nitrogen and oxygen atoms in total. The van der Waals surface area contributed by atoms with E-state index < -0.39 is 0 Å². The highest BCUT2D eigenvalue weighted by Crippen LogP contribution is 2.45. The topological polar surface area (TPSA) is 12.0 Å². The van der Waals surface area contributed by atoms with E-state index in [1.807, 2.05) is 12.1 Å². The van der Waals surface area contributed by atoms with Gasteiger partial charge in [-0.05, 0) is 71.6 Å².